The van der Waals surface area contributed by atoms with Crippen LogP contribution in [-0.2, 0) is 29.0 Å². The summed E-state index contributed by atoms with van der Waals surface area (Å²) in [5.41, 5.74) is 1.55. The van der Waals surface area contributed by atoms with Crippen molar-refractivity contribution < 1.29 is 19.1 Å². The van der Waals surface area contributed by atoms with Crippen LogP contribution in [0.25, 0.3) is 0 Å². The summed E-state index contributed by atoms with van der Waals surface area (Å²) < 4.78 is 10.6. The summed E-state index contributed by atoms with van der Waals surface area (Å²) in [6.45, 7) is 0.616. The number of ether oxygens (including phenoxy) is 2. The molecule has 0 radical (unpaired) electrons. The summed E-state index contributed by atoms with van der Waals surface area (Å²) in [4.78, 5) is 29.5. The van der Waals surface area contributed by atoms with Crippen molar-refractivity contribution >= 4 is 39.6 Å². The van der Waals surface area contributed by atoms with Gasteiger partial charge in [-0.1, -0.05) is 12.1 Å². The van der Waals surface area contributed by atoms with E-state index in [1.165, 1.54) is 22.7 Å². The Morgan fingerprint density at radius 3 is 2.82 bits per heavy atom. The topological polar surface area (TPSA) is 89.6 Å². The molecule has 2 aromatic heterocycles. The van der Waals surface area contributed by atoms with Gasteiger partial charge in [-0.25, -0.2) is 4.98 Å². The van der Waals surface area contributed by atoms with Crippen LogP contribution in [0.15, 0.2) is 41.1 Å². The molecular weight excluding hydrogens is 398 g/mol. The Balaban J connectivity index is 1.25. The molecule has 4 rings (SSSR count). The average molecular weight is 415 g/mol. The molecule has 0 fully saturated rings. The summed E-state index contributed by atoms with van der Waals surface area (Å²) in [6.07, 6.45) is 0.477. The van der Waals surface area contributed by atoms with Crippen LogP contribution >= 0.6 is 22.7 Å². The quantitative estimate of drug-likeness (QED) is 0.619. The van der Waals surface area contributed by atoms with Crippen LogP contribution in [0.3, 0.4) is 0 Å². The highest BCUT2D eigenvalue weighted by Gasteiger charge is 2.14. The fraction of sp³-hybridized carbons (Fsp3) is 0.211. The monoisotopic (exact) mass is 415 g/mol. The molecule has 0 unspecified atom stereocenters. The standard InChI is InChI=1S/C19H17N3O4S2/c23-17(20-9-12-3-4-15-16(6-12)26-11-25-15)7-13-10-28-19(21-13)22-18(24)8-14-2-1-5-27-14/h1-6,10H,7-9,11H2,(H,20,23)(H,21,22,24). The molecule has 0 spiro atoms. The van der Waals surface area contributed by atoms with Gasteiger partial charge < -0.3 is 20.1 Å². The van der Waals surface area contributed by atoms with Crippen LogP contribution in [0.5, 0.6) is 11.5 Å². The maximum absolute atomic E-state index is 12.2. The van der Waals surface area contributed by atoms with Gasteiger partial charge in [0.05, 0.1) is 18.5 Å². The van der Waals surface area contributed by atoms with Crippen LogP contribution < -0.4 is 20.1 Å². The fourth-order valence-corrected chi connectivity index (χ4v) is 4.09. The molecular formula is C19H17N3O4S2. The number of hydrogen-bond acceptors (Lipinski definition) is 7. The normalized spacial score (nSPS) is 12.0. The molecule has 0 atom stereocenters. The lowest BCUT2D eigenvalue weighted by atomic mass is 10.2. The number of rotatable bonds is 7. The molecule has 9 heteroatoms. The Hall–Kier alpha value is -2.91. The SMILES string of the molecule is O=C(Cc1csc(NC(=O)Cc2cccs2)n1)NCc1ccc2c(c1)OCO2. The van der Waals surface area contributed by atoms with Crippen LogP contribution in [0, 0.1) is 0 Å². The number of thiophene rings is 1. The summed E-state index contributed by atoms with van der Waals surface area (Å²) >= 11 is 2.85. The zero-order valence-corrected chi connectivity index (χ0v) is 16.4. The summed E-state index contributed by atoms with van der Waals surface area (Å²) in [5.74, 6) is 1.15. The van der Waals surface area contributed by atoms with Crippen LogP contribution in [0.4, 0.5) is 5.13 Å². The first-order valence-electron chi connectivity index (χ1n) is 8.57. The first kappa shape index (κ1) is 18.5. The van der Waals surface area contributed by atoms with E-state index in [1.54, 1.807) is 5.38 Å². The van der Waals surface area contributed by atoms with Crippen LogP contribution in [0.2, 0.25) is 0 Å². The molecule has 7 nitrogen and oxygen atoms in total. The molecule has 28 heavy (non-hydrogen) atoms. The number of hydrogen-bond donors (Lipinski definition) is 2. The van der Waals surface area contributed by atoms with E-state index in [2.05, 4.69) is 15.6 Å². The Morgan fingerprint density at radius 2 is 1.96 bits per heavy atom. The van der Waals surface area contributed by atoms with Crippen molar-refractivity contribution in [1.29, 1.82) is 0 Å². The number of nitrogens with one attached hydrogen (secondary N) is 2. The minimum atomic E-state index is -0.139. The highest BCUT2D eigenvalue weighted by atomic mass is 32.1. The van der Waals surface area contributed by atoms with Crippen molar-refractivity contribution in [2.24, 2.45) is 0 Å². The third-order valence-electron chi connectivity index (χ3n) is 3.98. The second-order valence-corrected chi connectivity index (χ2v) is 7.98. The molecule has 3 aromatic rings. The molecule has 3 heterocycles. The van der Waals surface area contributed by atoms with Gasteiger partial charge >= 0.3 is 0 Å². The van der Waals surface area contributed by atoms with E-state index in [0.29, 0.717) is 35.3 Å². The number of aromatic nitrogens is 1. The number of nitrogens with zero attached hydrogens (tertiary/aromatic N) is 1. The third kappa shape index (κ3) is 4.68. The van der Waals surface area contributed by atoms with Gasteiger partial charge in [-0.2, -0.15) is 0 Å². The number of fused-ring (bicyclic) bond motifs is 1. The van der Waals surface area contributed by atoms with Gasteiger partial charge in [0.1, 0.15) is 0 Å². The Bertz CT molecular complexity index is 985. The van der Waals surface area contributed by atoms with E-state index < -0.39 is 0 Å². The van der Waals surface area contributed by atoms with Gasteiger partial charge in [0.25, 0.3) is 0 Å². The number of carbonyl (C=O) groups is 2. The maximum atomic E-state index is 12.2. The third-order valence-corrected chi connectivity index (χ3v) is 5.66. The van der Waals surface area contributed by atoms with E-state index in [0.717, 1.165) is 10.4 Å². The molecule has 1 aromatic carbocycles. The molecule has 0 bridgehead atoms. The first-order valence-corrected chi connectivity index (χ1v) is 10.3. The second-order valence-electron chi connectivity index (χ2n) is 6.09. The minimum absolute atomic E-state index is 0.115. The molecule has 2 amide bonds. The summed E-state index contributed by atoms with van der Waals surface area (Å²) in [7, 11) is 0. The van der Waals surface area contributed by atoms with Crippen molar-refractivity contribution in [2.45, 2.75) is 19.4 Å². The average Bonchev–Trinajstić information content (AvgIpc) is 3.42. The summed E-state index contributed by atoms with van der Waals surface area (Å²) in [6, 6.07) is 9.40. The Morgan fingerprint density at radius 1 is 1.07 bits per heavy atom. The smallest absolute Gasteiger partial charge is 0.231 e. The Kier molecular flexibility index (Phi) is 5.54. The van der Waals surface area contributed by atoms with Crippen molar-refractivity contribution in [3.05, 3.63) is 57.2 Å². The highest BCUT2D eigenvalue weighted by Crippen LogP contribution is 2.32. The maximum Gasteiger partial charge on any atom is 0.231 e. The minimum Gasteiger partial charge on any atom is -0.454 e. The van der Waals surface area contributed by atoms with Gasteiger partial charge in [-0.05, 0) is 29.1 Å². The van der Waals surface area contributed by atoms with Gasteiger partial charge in [0.2, 0.25) is 18.6 Å². The fourth-order valence-electron chi connectivity index (χ4n) is 2.66. The number of benzene rings is 1. The lowest BCUT2D eigenvalue weighted by Gasteiger charge is -2.05. The first-order chi connectivity index (χ1) is 13.7. The molecule has 0 aliphatic carbocycles. The largest absolute Gasteiger partial charge is 0.454 e. The van der Waals surface area contributed by atoms with Crippen molar-refractivity contribution in [3.8, 4) is 11.5 Å². The van der Waals surface area contributed by atoms with Crippen molar-refractivity contribution in [1.82, 2.24) is 10.3 Å². The Labute approximate surface area is 169 Å². The van der Waals surface area contributed by atoms with E-state index in [4.69, 9.17) is 9.47 Å². The zero-order chi connectivity index (χ0) is 19.3. The van der Waals surface area contributed by atoms with E-state index in [-0.39, 0.29) is 25.0 Å². The zero-order valence-electron chi connectivity index (χ0n) is 14.8. The lowest BCUT2D eigenvalue weighted by Crippen LogP contribution is -2.24. The van der Waals surface area contributed by atoms with Gasteiger partial charge in [0.15, 0.2) is 16.6 Å². The van der Waals surface area contributed by atoms with Gasteiger partial charge in [0, 0.05) is 16.8 Å². The molecule has 1 aliphatic rings. The molecule has 2 N–H and O–H groups in total. The van der Waals surface area contributed by atoms with E-state index in [1.807, 2.05) is 35.7 Å². The van der Waals surface area contributed by atoms with E-state index in [9.17, 15) is 9.59 Å². The highest BCUT2D eigenvalue weighted by molar-refractivity contribution is 7.14. The molecule has 0 saturated heterocycles. The molecule has 1 aliphatic heterocycles. The lowest BCUT2D eigenvalue weighted by molar-refractivity contribution is -0.120. The number of thiazole rings is 1. The number of carbonyl (C=O) groups excluding carboxylic acids is 2. The van der Waals surface area contributed by atoms with Crippen LogP contribution in [-0.4, -0.2) is 23.6 Å². The van der Waals surface area contributed by atoms with Crippen molar-refractivity contribution in [3.63, 3.8) is 0 Å². The summed E-state index contributed by atoms with van der Waals surface area (Å²) in [5, 5.41) is 9.85. The second kappa shape index (κ2) is 8.41. The number of anilines is 1. The van der Waals surface area contributed by atoms with Crippen molar-refractivity contribution in [2.75, 3.05) is 12.1 Å². The van der Waals surface area contributed by atoms with Gasteiger partial charge in [-0.3, -0.25) is 9.59 Å². The predicted molar refractivity (Wildman–Crippen MR) is 107 cm³/mol. The molecule has 0 saturated carbocycles. The van der Waals surface area contributed by atoms with E-state index >= 15 is 0 Å². The van der Waals surface area contributed by atoms with Crippen LogP contribution in [0.1, 0.15) is 16.1 Å². The van der Waals surface area contributed by atoms with Gasteiger partial charge in [-0.15, -0.1) is 22.7 Å². The molecule has 144 valence electrons. The predicted octanol–water partition coefficient (Wildman–Crippen LogP) is 2.97. The number of amides is 2.